The van der Waals surface area contributed by atoms with Crippen LogP contribution in [-0.4, -0.2) is 22.9 Å². The predicted octanol–water partition coefficient (Wildman–Crippen LogP) is 5.01. The van der Waals surface area contributed by atoms with Gasteiger partial charge < -0.3 is 10.1 Å². The maximum Gasteiger partial charge on any atom is 0.256 e. The van der Waals surface area contributed by atoms with Gasteiger partial charge in [0.1, 0.15) is 6.61 Å². The van der Waals surface area contributed by atoms with Crippen molar-refractivity contribution in [2.75, 3.05) is 5.32 Å². The smallest absolute Gasteiger partial charge is 0.256 e. The Morgan fingerprint density at radius 1 is 1.14 bits per heavy atom. The first-order valence-corrected chi connectivity index (χ1v) is 12.0. The fraction of sp³-hybridized carbons (Fsp3) is 0.231. The van der Waals surface area contributed by atoms with E-state index in [0.29, 0.717) is 27.9 Å². The molecule has 2 aliphatic heterocycles. The second kappa shape index (κ2) is 9.10. The molecule has 1 amide bonds. The van der Waals surface area contributed by atoms with Gasteiger partial charge in [0, 0.05) is 27.8 Å². The van der Waals surface area contributed by atoms with Crippen molar-refractivity contribution in [3.8, 4) is 11.8 Å². The van der Waals surface area contributed by atoms with Gasteiger partial charge in [0.05, 0.1) is 27.6 Å². The molecule has 0 unspecified atom stereocenters. The highest BCUT2D eigenvalue weighted by molar-refractivity contribution is 6.37. The van der Waals surface area contributed by atoms with Gasteiger partial charge in [-0.3, -0.25) is 20.2 Å². The number of anilines is 1. The molecule has 36 heavy (non-hydrogen) atoms. The van der Waals surface area contributed by atoms with Crippen molar-refractivity contribution >= 4 is 34.8 Å². The van der Waals surface area contributed by atoms with E-state index in [2.05, 4.69) is 16.7 Å². The van der Waals surface area contributed by atoms with Crippen LogP contribution in [0, 0.1) is 21.4 Å². The minimum atomic E-state index is -1.53. The first-order chi connectivity index (χ1) is 17.3. The van der Waals surface area contributed by atoms with Crippen LogP contribution in [0.3, 0.4) is 0 Å². The van der Waals surface area contributed by atoms with Gasteiger partial charge in [0.25, 0.3) is 11.9 Å². The summed E-state index contributed by atoms with van der Waals surface area (Å²) < 4.78 is 5.84. The third kappa shape index (κ3) is 3.68. The molecule has 8 nitrogen and oxygen atoms in total. The van der Waals surface area contributed by atoms with Crippen LogP contribution in [0.1, 0.15) is 35.1 Å². The maximum atomic E-state index is 13.2. The number of carbonyl (C=O) groups is 1. The summed E-state index contributed by atoms with van der Waals surface area (Å²) in [5.74, 6) is -0.960. The molecule has 4 atom stereocenters. The standard InChI is InChI=1S/C26H20Cl2N4O4/c1-14-22(24(32(34)35)26(31-14)18-8-4-5-9-21(18)30-25(26)33)17-10-19(27)23(20(28)11-17)36-13-16-7-3-2-6-15(16)12-29/h2-11,14,22,24,31H,13H2,1H3,(H,30,33)/t14-,22+,24-,26-/m0/s1. The zero-order valence-electron chi connectivity index (χ0n) is 19.0. The molecule has 0 aliphatic carbocycles. The number of fused-ring (bicyclic) bond motifs is 2. The second-order valence-corrected chi connectivity index (χ2v) is 9.68. The summed E-state index contributed by atoms with van der Waals surface area (Å²) in [4.78, 5) is 25.2. The number of nitriles is 1. The molecule has 0 saturated carbocycles. The highest BCUT2D eigenvalue weighted by atomic mass is 35.5. The molecule has 1 saturated heterocycles. The van der Waals surface area contributed by atoms with Crippen LogP contribution in [0.15, 0.2) is 60.7 Å². The quantitative estimate of drug-likeness (QED) is 0.359. The van der Waals surface area contributed by atoms with Crippen molar-refractivity contribution in [1.82, 2.24) is 5.32 Å². The molecule has 1 fully saturated rings. The number of halogens is 2. The summed E-state index contributed by atoms with van der Waals surface area (Å²) in [5, 5.41) is 28.1. The SMILES string of the molecule is C[C@@H]1N[C@]2(C(=O)Nc3ccccc32)[C@@H]([N+](=O)[O-])[C@H]1c1cc(Cl)c(OCc2ccccc2C#N)c(Cl)c1. The Morgan fingerprint density at radius 3 is 2.50 bits per heavy atom. The summed E-state index contributed by atoms with van der Waals surface area (Å²) in [6.45, 7) is 1.87. The molecule has 0 radical (unpaired) electrons. The lowest BCUT2D eigenvalue weighted by molar-refractivity contribution is -0.532. The van der Waals surface area contributed by atoms with Gasteiger partial charge in [0.2, 0.25) is 0 Å². The average Bonchev–Trinajstić information content (AvgIpc) is 3.32. The number of nitrogens with one attached hydrogen (secondary N) is 2. The van der Waals surface area contributed by atoms with E-state index in [9.17, 15) is 20.2 Å². The number of nitro groups is 1. The zero-order chi connectivity index (χ0) is 25.6. The summed E-state index contributed by atoms with van der Waals surface area (Å²) in [5.41, 5.74) is 1.23. The third-order valence-electron chi connectivity index (χ3n) is 6.88. The second-order valence-electron chi connectivity index (χ2n) is 8.87. The molecule has 0 aromatic heterocycles. The molecule has 5 rings (SSSR count). The van der Waals surface area contributed by atoms with E-state index in [0.717, 1.165) is 0 Å². The summed E-state index contributed by atoms with van der Waals surface area (Å²) in [6, 6.07) is 17.5. The molecule has 2 heterocycles. The van der Waals surface area contributed by atoms with E-state index >= 15 is 0 Å². The van der Waals surface area contributed by atoms with E-state index < -0.39 is 34.4 Å². The van der Waals surface area contributed by atoms with Crippen LogP contribution < -0.4 is 15.4 Å². The van der Waals surface area contributed by atoms with Gasteiger partial charge >= 0.3 is 0 Å². The molecule has 0 bridgehead atoms. The van der Waals surface area contributed by atoms with Crippen molar-refractivity contribution < 1.29 is 14.5 Å². The van der Waals surface area contributed by atoms with Crippen LogP contribution in [-0.2, 0) is 16.9 Å². The van der Waals surface area contributed by atoms with Gasteiger partial charge in [-0.05, 0) is 36.8 Å². The van der Waals surface area contributed by atoms with Gasteiger partial charge in [-0.25, -0.2) is 0 Å². The first-order valence-electron chi connectivity index (χ1n) is 11.2. The molecule has 3 aromatic carbocycles. The number of ether oxygens (including phenoxy) is 1. The van der Waals surface area contributed by atoms with Crippen LogP contribution in [0.25, 0.3) is 0 Å². The van der Waals surface area contributed by atoms with Crippen molar-refractivity contribution in [1.29, 1.82) is 5.26 Å². The summed E-state index contributed by atoms with van der Waals surface area (Å²) in [7, 11) is 0. The Hall–Kier alpha value is -3.64. The third-order valence-corrected chi connectivity index (χ3v) is 7.44. The van der Waals surface area contributed by atoms with Gasteiger partial charge in [-0.15, -0.1) is 0 Å². The van der Waals surface area contributed by atoms with Gasteiger partial charge in [0.15, 0.2) is 11.3 Å². The molecule has 3 aromatic rings. The minimum absolute atomic E-state index is 0.0709. The zero-order valence-corrected chi connectivity index (χ0v) is 20.5. The molecular weight excluding hydrogens is 503 g/mol. The van der Waals surface area contributed by atoms with Crippen molar-refractivity contribution in [3.63, 3.8) is 0 Å². The van der Waals surface area contributed by atoms with Crippen molar-refractivity contribution in [2.24, 2.45) is 0 Å². The number of rotatable bonds is 5. The number of para-hydroxylation sites is 1. The number of amides is 1. The Morgan fingerprint density at radius 2 is 1.81 bits per heavy atom. The molecule has 2 N–H and O–H groups in total. The highest BCUT2D eigenvalue weighted by Crippen LogP contribution is 2.50. The predicted molar refractivity (Wildman–Crippen MR) is 135 cm³/mol. The van der Waals surface area contributed by atoms with Gasteiger partial charge in [-0.2, -0.15) is 5.26 Å². The molecule has 10 heteroatoms. The molecular formula is C26H20Cl2N4O4. The summed E-state index contributed by atoms with van der Waals surface area (Å²) in [6.07, 6.45) is 0. The lowest BCUT2D eigenvalue weighted by atomic mass is 9.78. The van der Waals surface area contributed by atoms with Crippen LogP contribution in [0.4, 0.5) is 5.69 Å². The Kier molecular flexibility index (Phi) is 6.08. The molecule has 2 aliphatic rings. The first kappa shape index (κ1) is 24.1. The Balaban J connectivity index is 1.51. The normalized spacial score (nSPS) is 24.3. The number of carbonyl (C=O) groups excluding carboxylic acids is 1. The molecule has 1 spiro atoms. The lowest BCUT2D eigenvalue weighted by Gasteiger charge is -2.25. The van der Waals surface area contributed by atoms with Crippen LogP contribution in [0.2, 0.25) is 10.0 Å². The number of hydrogen-bond donors (Lipinski definition) is 2. The minimum Gasteiger partial charge on any atom is -0.486 e. The monoisotopic (exact) mass is 522 g/mol. The fourth-order valence-corrected chi connectivity index (χ4v) is 5.98. The fourth-order valence-electron chi connectivity index (χ4n) is 5.37. The lowest BCUT2D eigenvalue weighted by Crippen LogP contribution is -2.54. The largest absolute Gasteiger partial charge is 0.486 e. The van der Waals surface area contributed by atoms with E-state index in [4.69, 9.17) is 27.9 Å². The topological polar surface area (TPSA) is 117 Å². The van der Waals surface area contributed by atoms with Gasteiger partial charge in [-0.1, -0.05) is 59.6 Å². The van der Waals surface area contributed by atoms with Crippen molar-refractivity contribution in [2.45, 2.75) is 37.1 Å². The van der Waals surface area contributed by atoms with E-state index in [1.165, 1.54) is 0 Å². The average molecular weight is 523 g/mol. The van der Waals surface area contributed by atoms with Crippen LogP contribution >= 0.6 is 23.2 Å². The number of hydrogen-bond acceptors (Lipinski definition) is 6. The van der Waals surface area contributed by atoms with E-state index in [-0.39, 0.29) is 22.4 Å². The number of nitrogens with zero attached hydrogens (tertiary/aromatic N) is 2. The molecule has 182 valence electrons. The van der Waals surface area contributed by atoms with Crippen molar-refractivity contribution in [3.05, 3.63) is 103 Å². The highest BCUT2D eigenvalue weighted by Gasteiger charge is 2.67. The maximum absolute atomic E-state index is 13.2. The van der Waals surface area contributed by atoms with Crippen LogP contribution in [0.5, 0.6) is 5.75 Å². The van der Waals surface area contributed by atoms with E-state index in [1.54, 1.807) is 67.6 Å². The number of benzene rings is 3. The Bertz CT molecular complexity index is 1420. The Labute approximate surface area is 216 Å². The van der Waals surface area contributed by atoms with E-state index in [1.807, 2.05) is 0 Å². The summed E-state index contributed by atoms with van der Waals surface area (Å²) >= 11 is 13.1.